The molecule has 0 spiro atoms. The SMILES string of the molecule is C=C(C)COc1cccc(NC(=O)CNc2cccc(NC(C)=O)c2)c1. The van der Waals surface area contributed by atoms with Gasteiger partial charge in [-0.2, -0.15) is 0 Å². The largest absolute Gasteiger partial charge is 0.489 e. The Kier molecular flexibility index (Phi) is 6.79. The molecule has 26 heavy (non-hydrogen) atoms. The van der Waals surface area contributed by atoms with Gasteiger partial charge < -0.3 is 20.7 Å². The third kappa shape index (κ3) is 6.68. The molecule has 2 rings (SSSR count). The molecular formula is C20H23N3O3. The molecule has 2 aromatic rings. The lowest BCUT2D eigenvalue weighted by Crippen LogP contribution is -2.21. The molecule has 0 bridgehead atoms. The summed E-state index contributed by atoms with van der Waals surface area (Å²) in [5.41, 5.74) is 2.99. The van der Waals surface area contributed by atoms with Crippen LogP contribution >= 0.6 is 0 Å². The van der Waals surface area contributed by atoms with Crippen LogP contribution in [0, 0.1) is 0 Å². The van der Waals surface area contributed by atoms with Crippen molar-refractivity contribution in [3.63, 3.8) is 0 Å². The van der Waals surface area contributed by atoms with Gasteiger partial charge in [-0.15, -0.1) is 0 Å². The molecule has 0 fully saturated rings. The Labute approximate surface area is 153 Å². The fourth-order valence-corrected chi connectivity index (χ4v) is 2.17. The van der Waals surface area contributed by atoms with Crippen molar-refractivity contribution in [1.82, 2.24) is 0 Å². The Hall–Kier alpha value is -3.28. The number of carbonyl (C=O) groups excluding carboxylic acids is 2. The van der Waals surface area contributed by atoms with Gasteiger partial charge in [0.15, 0.2) is 0 Å². The van der Waals surface area contributed by atoms with E-state index >= 15 is 0 Å². The Morgan fingerprint density at radius 1 is 0.962 bits per heavy atom. The maximum atomic E-state index is 12.1. The minimum absolute atomic E-state index is 0.0976. The van der Waals surface area contributed by atoms with E-state index < -0.39 is 0 Å². The lowest BCUT2D eigenvalue weighted by Gasteiger charge is -2.11. The maximum absolute atomic E-state index is 12.1. The van der Waals surface area contributed by atoms with Crippen molar-refractivity contribution < 1.29 is 14.3 Å². The second-order valence-electron chi connectivity index (χ2n) is 5.94. The molecule has 0 aliphatic rings. The number of amides is 2. The quantitative estimate of drug-likeness (QED) is 0.633. The predicted molar refractivity (Wildman–Crippen MR) is 105 cm³/mol. The molecule has 136 valence electrons. The third-order valence-corrected chi connectivity index (χ3v) is 3.24. The fraction of sp³-hybridized carbons (Fsp3) is 0.200. The van der Waals surface area contributed by atoms with Crippen molar-refractivity contribution in [2.24, 2.45) is 0 Å². The van der Waals surface area contributed by atoms with E-state index in [0.29, 0.717) is 23.7 Å². The first-order chi connectivity index (χ1) is 12.4. The number of hydrogen-bond acceptors (Lipinski definition) is 4. The molecule has 0 aliphatic carbocycles. The summed E-state index contributed by atoms with van der Waals surface area (Å²) in [5.74, 6) is 0.336. The van der Waals surface area contributed by atoms with Crippen molar-refractivity contribution in [1.29, 1.82) is 0 Å². The zero-order valence-corrected chi connectivity index (χ0v) is 15.0. The average Bonchev–Trinajstić information content (AvgIpc) is 2.58. The van der Waals surface area contributed by atoms with E-state index in [-0.39, 0.29) is 18.4 Å². The van der Waals surface area contributed by atoms with Gasteiger partial charge in [-0.25, -0.2) is 0 Å². The molecule has 2 amide bonds. The standard InChI is InChI=1S/C20H23N3O3/c1-14(2)13-26-19-9-5-8-18(11-19)23-20(25)12-21-16-6-4-7-17(10-16)22-15(3)24/h4-11,21H,1,12-13H2,2-3H3,(H,22,24)(H,23,25). The van der Waals surface area contributed by atoms with Gasteiger partial charge in [-0.05, 0) is 42.8 Å². The molecule has 6 heteroatoms. The highest BCUT2D eigenvalue weighted by molar-refractivity contribution is 5.94. The van der Waals surface area contributed by atoms with E-state index in [1.807, 2.05) is 25.1 Å². The summed E-state index contributed by atoms with van der Waals surface area (Å²) in [4.78, 5) is 23.2. The van der Waals surface area contributed by atoms with Crippen LogP contribution in [0.2, 0.25) is 0 Å². The number of nitrogens with one attached hydrogen (secondary N) is 3. The van der Waals surface area contributed by atoms with Gasteiger partial charge in [-0.3, -0.25) is 9.59 Å². The van der Waals surface area contributed by atoms with Gasteiger partial charge in [0.1, 0.15) is 12.4 Å². The zero-order valence-electron chi connectivity index (χ0n) is 15.0. The number of hydrogen-bond donors (Lipinski definition) is 3. The van der Waals surface area contributed by atoms with E-state index in [0.717, 1.165) is 11.3 Å². The number of rotatable bonds is 8. The van der Waals surface area contributed by atoms with Gasteiger partial charge in [0, 0.05) is 30.1 Å². The van der Waals surface area contributed by atoms with E-state index in [2.05, 4.69) is 22.5 Å². The molecule has 0 unspecified atom stereocenters. The summed E-state index contributed by atoms with van der Waals surface area (Å²) >= 11 is 0. The van der Waals surface area contributed by atoms with Gasteiger partial charge in [0.25, 0.3) is 0 Å². The number of ether oxygens (including phenoxy) is 1. The minimum atomic E-state index is -0.188. The topological polar surface area (TPSA) is 79.5 Å². The molecule has 0 atom stereocenters. The number of anilines is 3. The van der Waals surface area contributed by atoms with E-state index in [9.17, 15) is 9.59 Å². The Balaban J connectivity index is 1.88. The summed E-state index contributed by atoms with van der Waals surface area (Å²) in [6, 6.07) is 14.4. The highest BCUT2D eigenvalue weighted by atomic mass is 16.5. The van der Waals surface area contributed by atoms with Crippen LogP contribution in [0.25, 0.3) is 0 Å². The van der Waals surface area contributed by atoms with Gasteiger partial charge in [0.05, 0.1) is 6.54 Å². The third-order valence-electron chi connectivity index (χ3n) is 3.24. The molecule has 3 N–H and O–H groups in total. The summed E-state index contributed by atoms with van der Waals surface area (Å²) in [7, 11) is 0. The van der Waals surface area contributed by atoms with Crippen molar-refractivity contribution in [3.05, 3.63) is 60.7 Å². The van der Waals surface area contributed by atoms with E-state index in [1.54, 1.807) is 30.3 Å². The smallest absolute Gasteiger partial charge is 0.243 e. The zero-order chi connectivity index (χ0) is 18.9. The molecule has 6 nitrogen and oxygen atoms in total. The van der Waals surface area contributed by atoms with Gasteiger partial charge in [0.2, 0.25) is 11.8 Å². The Morgan fingerprint density at radius 2 is 1.62 bits per heavy atom. The molecule has 0 saturated carbocycles. The molecule has 0 aromatic heterocycles. The molecule has 0 saturated heterocycles. The number of benzene rings is 2. The highest BCUT2D eigenvalue weighted by Gasteiger charge is 2.05. The maximum Gasteiger partial charge on any atom is 0.243 e. The fourth-order valence-electron chi connectivity index (χ4n) is 2.17. The summed E-state index contributed by atoms with van der Waals surface area (Å²) in [6.07, 6.45) is 0. The highest BCUT2D eigenvalue weighted by Crippen LogP contribution is 2.18. The Bertz CT molecular complexity index is 802. The predicted octanol–water partition coefficient (Wildman–Crippen LogP) is 3.65. The van der Waals surface area contributed by atoms with Crippen LogP contribution in [0.5, 0.6) is 5.75 Å². The first-order valence-corrected chi connectivity index (χ1v) is 8.21. The van der Waals surface area contributed by atoms with Crippen molar-refractivity contribution in [2.45, 2.75) is 13.8 Å². The van der Waals surface area contributed by atoms with Gasteiger partial charge >= 0.3 is 0 Å². The van der Waals surface area contributed by atoms with Crippen LogP contribution in [0.1, 0.15) is 13.8 Å². The van der Waals surface area contributed by atoms with E-state index in [4.69, 9.17) is 4.74 Å². The van der Waals surface area contributed by atoms with Crippen LogP contribution in [-0.4, -0.2) is 25.0 Å². The van der Waals surface area contributed by atoms with Crippen LogP contribution in [0.3, 0.4) is 0 Å². The van der Waals surface area contributed by atoms with Crippen molar-refractivity contribution in [2.75, 3.05) is 29.1 Å². The molecule has 2 aromatic carbocycles. The van der Waals surface area contributed by atoms with Crippen molar-refractivity contribution in [3.8, 4) is 5.75 Å². The Morgan fingerprint density at radius 3 is 2.31 bits per heavy atom. The average molecular weight is 353 g/mol. The molecule has 0 aliphatic heterocycles. The molecule has 0 heterocycles. The normalized spacial score (nSPS) is 9.92. The first-order valence-electron chi connectivity index (χ1n) is 8.21. The number of carbonyl (C=O) groups is 2. The molecular weight excluding hydrogens is 330 g/mol. The summed E-state index contributed by atoms with van der Waals surface area (Å²) in [6.45, 7) is 7.65. The second-order valence-corrected chi connectivity index (χ2v) is 5.94. The van der Waals surface area contributed by atoms with Crippen LogP contribution in [0.15, 0.2) is 60.7 Å². The van der Waals surface area contributed by atoms with Crippen LogP contribution in [0.4, 0.5) is 17.1 Å². The lowest BCUT2D eigenvalue weighted by molar-refractivity contribution is -0.115. The van der Waals surface area contributed by atoms with Crippen molar-refractivity contribution >= 4 is 28.9 Å². The van der Waals surface area contributed by atoms with Gasteiger partial charge in [-0.1, -0.05) is 18.7 Å². The van der Waals surface area contributed by atoms with Crippen LogP contribution in [-0.2, 0) is 9.59 Å². The monoisotopic (exact) mass is 353 g/mol. The summed E-state index contributed by atoms with van der Waals surface area (Å²) < 4.78 is 5.56. The second kappa shape index (κ2) is 9.27. The lowest BCUT2D eigenvalue weighted by atomic mass is 10.2. The summed E-state index contributed by atoms with van der Waals surface area (Å²) in [5, 5.41) is 8.54. The van der Waals surface area contributed by atoms with E-state index in [1.165, 1.54) is 6.92 Å². The van der Waals surface area contributed by atoms with Crippen LogP contribution < -0.4 is 20.7 Å². The molecule has 0 radical (unpaired) electrons. The minimum Gasteiger partial charge on any atom is -0.489 e. The first kappa shape index (κ1) is 19.1.